The van der Waals surface area contributed by atoms with Crippen molar-refractivity contribution in [1.29, 1.82) is 0 Å². The van der Waals surface area contributed by atoms with Gasteiger partial charge in [0.15, 0.2) is 0 Å². The van der Waals surface area contributed by atoms with Crippen molar-refractivity contribution in [2.75, 3.05) is 4.90 Å². The van der Waals surface area contributed by atoms with Crippen molar-refractivity contribution >= 4 is 17.5 Å². The first-order valence-electron chi connectivity index (χ1n) is 6.14. The van der Waals surface area contributed by atoms with Crippen molar-refractivity contribution in [2.24, 2.45) is 5.73 Å². The topological polar surface area (TPSA) is 55.6 Å². The summed E-state index contributed by atoms with van der Waals surface area (Å²) in [6.07, 6.45) is 4.76. The van der Waals surface area contributed by atoms with Crippen molar-refractivity contribution in [2.45, 2.75) is 26.3 Å². The second-order valence-electron chi connectivity index (χ2n) is 5.35. The third-order valence-electron chi connectivity index (χ3n) is 2.85. The SMILES string of the molecule is CC(C)(C)N1C=CC=C(OC(N)=O)c2ccccc21. The summed E-state index contributed by atoms with van der Waals surface area (Å²) in [5.41, 5.74) is 6.86. The van der Waals surface area contributed by atoms with Crippen LogP contribution in [0.1, 0.15) is 26.3 Å². The first-order valence-corrected chi connectivity index (χ1v) is 6.14. The van der Waals surface area contributed by atoms with Crippen LogP contribution < -0.4 is 10.6 Å². The second-order valence-corrected chi connectivity index (χ2v) is 5.35. The molecule has 1 aliphatic rings. The monoisotopic (exact) mass is 258 g/mol. The van der Waals surface area contributed by atoms with E-state index in [0.717, 1.165) is 11.3 Å². The highest BCUT2D eigenvalue weighted by atomic mass is 16.5. The molecule has 2 N–H and O–H groups in total. The molecule has 0 aliphatic carbocycles. The van der Waals surface area contributed by atoms with E-state index in [1.54, 1.807) is 6.08 Å². The van der Waals surface area contributed by atoms with Crippen molar-refractivity contribution in [1.82, 2.24) is 0 Å². The van der Waals surface area contributed by atoms with Gasteiger partial charge in [-0.1, -0.05) is 12.1 Å². The van der Waals surface area contributed by atoms with Gasteiger partial charge in [-0.25, -0.2) is 4.79 Å². The molecular formula is C15H18N2O2. The number of para-hydroxylation sites is 1. The highest BCUT2D eigenvalue weighted by Crippen LogP contribution is 2.34. The van der Waals surface area contributed by atoms with Crippen LogP contribution in [0.2, 0.25) is 0 Å². The average Bonchev–Trinajstić information content (AvgIpc) is 2.48. The van der Waals surface area contributed by atoms with Crippen molar-refractivity contribution < 1.29 is 9.53 Å². The number of rotatable bonds is 1. The van der Waals surface area contributed by atoms with Crippen LogP contribution in [0.5, 0.6) is 0 Å². The molecule has 0 radical (unpaired) electrons. The number of nitrogens with two attached hydrogens (primary N) is 1. The summed E-state index contributed by atoms with van der Waals surface area (Å²) in [5.74, 6) is 0.464. The summed E-state index contributed by atoms with van der Waals surface area (Å²) in [5, 5.41) is 0. The third-order valence-corrected chi connectivity index (χ3v) is 2.85. The first kappa shape index (κ1) is 13.2. The molecule has 1 aromatic carbocycles. The minimum atomic E-state index is -0.807. The van der Waals surface area contributed by atoms with E-state index in [1.165, 1.54) is 0 Å². The summed E-state index contributed by atoms with van der Waals surface area (Å²) >= 11 is 0. The van der Waals surface area contributed by atoms with Crippen LogP contribution in [0.3, 0.4) is 0 Å². The lowest BCUT2D eigenvalue weighted by molar-refractivity contribution is 0.202. The molecule has 0 spiro atoms. The lowest BCUT2D eigenvalue weighted by Gasteiger charge is -2.35. The first-order chi connectivity index (χ1) is 8.89. The minimum Gasteiger partial charge on any atom is -0.410 e. The summed E-state index contributed by atoms with van der Waals surface area (Å²) in [7, 11) is 0. The number of fused-ring (bicyclic) bond motifs is 1. The number of amides is 1. The van der Waals surface area contributed by atoms with Gasteiger partial charge in [-0.2, -0.15) is 0 Å². The Balaban J connectivity index is 2.53. The summed E-state index contributed by atoms with van der Waals surface area (Å²) < 4.78 is 5.08. The number of anilines is 1. The standard InChI is InChI=1S/C15H18N2O2/c1-15(2,3)17-10-6-9-13(19-14(16)18)11-7-4-5-8-12(11)17/h4-10H,1-3H3,(H2,16,18). The molecule has 0 saturated heterocycles. The van der Waals surface area contributed by atoms with E-state index in [0.29, 0.717) is 5.76 Å². The van der Waals surface area contributed by atoms with Crippen molar-refractivity contribution in [3.63, 3.8) is 0 Å². The molecule has 0 unspecified atom stereocenters. The van der Waals surface area contributed by atoms with Gasteiger partial charge in [0, 0.05) is 17.3 Å². The maximum Gasteiger partial charge on any atom is 0.409 e. The lowest BCUT2D eigenvalue weighted by Crippen LogP contribution is -2.37. The molecule has 2 rings (SSSR count). The number of hydrogen-bond acceptors (Lipinski definition) is 3. The molecule has 0 fully saturated rings. The normalized spacial score (nSPS) is 14.5. The number of nitrogens with zero attached hydrogens (tertiary/aromatic N) is 1. The van der Waals surface area contributed by atoms with Gasteiger partial charge in [0.2, 0.25) is 0 Å². The van der Waals surface area contributed by atoms with Crippen LogP contribution in [0.15, 0.2) is 42.6 Å². The van der Waals surface area contributed by atoms with E-state index < -0.39 is 6.09 Å². The molecule has 1 amide bonds. The fraction of sp³-hybridized carbons (Fsp3) is 0.267. The number of carbonyl (C=O) groups is 1. The Labute approximate surface area is 113 Å². The minimum absolute atomic E-state index is 0.0807. The molecule has 0 atom stereocenters. The van der Waals surface area contributed by atoms with Gasteiger partial charge in [-0.15, -0.1) is 0 Å². The summed E-state index contributed by atoms with van der Waals surface area (Å²) in [4.78, 5) is 13.1. The fourth-order valence-electron chi connectivity index (χ4n) is 2.06. The van der Waals surface area contributed by atoms with Gasteiger partial charge in [0.05, 0.1) is 5.69 Å². The average molecular weight is 258 g/mol. The zero-order valence-electron chi connectivity index (χ0n) is 11.4. The quantitative estimate of drug-likeness (QED) is 0.841. The number of benzene rings is 1. The van der Waals surface area contributed by atoms with Gasteiger partial charge in [-0.3, -0.25) is 0 Å². The van der Waals surface area contributed by atoms with Gasteiger partial charge in [-0.05, 0) is 45.1 Å². The van der Waals surface area contributed by atoms with Gasteiger partial charge in [0.25, 0.3) is 0 Å². The lowest BCUT2D eigenvalue weighted by atomic mass is 10.0. The van der Waals surface area contributed by atoms with Crippen LogP contribution in [0, 0.1) is 0 Å². The molecule has 0 aromatic heterocycles. The second kappa shape index (κ2) is 4.80. The predicted octanol–water partition coefficient (Wildman–Crippen LogP) is 3.26. The summed E-state index contributed by atoms with van der Waals surface area (Å²) in [6, 6.07) is 7.77. The van der Waals surface area contributed by atoms with Gasteiger partial charge < -0.3 is 15.4 Å². The fourth-order valence-corrected chi connectivity index (χ4v) is 2.06. The summed E-state index contributed by atoms with van der Waals surface area (Å²) in [6.45, 7) is 6.36. The van der Waals surface area contributed by atoms with Crippen LogP contribution in [-0.4, -0.2) is 11.6 Å². The Kier molecular flexibility index (Phi) is 3.34. The number of primary amides is 1. The maximum atomic E-state index is 11.0. The van der Waals surface area contributed by atoms with E-state index in [2.05, 4.69) is 25.7 Å². The molecule has 0 bridgehead atoms. The molecule has 1 heterocycles. The molecule has 1 aromatic rings. The van der Waals surface area contributed by atoms with E-state index in [9.17, 15) is 4.79 Å². The highest BCUT2D eigenvalue weighted by molar-refractivity contribution is 5.82. The number of carbonyl (C=O) groups excluding carboxylic acids is 1. The molecule has 19 heavy (non-hydrogen) atoms. The van der Waals surface area contributed by atoms with Gasteiger partial charge in [0.1, 0.15) is 5.76 Å². The zero-order chi connectivity index (χ0) is 14.0. The Morgan fingerprint density at radius 3 is 2.58 bits per heavy atom. The Bertz CT molecular complexity index is 554. The third kappa shape index (κ3) is 2.78. The molecular weight excluding hydrogens is 240 g/mol. The van der Waals surface area contributed by atoms with E-state index in [-0.39, 0.29) is 5.54 Å². The van der Waals surface area contributed by atoms with Crippen LogP contribution >= 0.6 is 0 Å². The Morgan fingerprint density at radius 1 is 1.26 bits per heavy atom. The number of ether oxygens (including phenoxy) is 1. The van der Waals surface area contributed by atoms with E-state index in [4.69, 9.17) is 10.5 Å². The Hall–Kier alpha value is -2.23. The smallest absolute Gasteiger partial charge is 0.409 e. The zero-order valence-corrected chi connectivity index (χ0v) is 11.4. The molecule has 4 nitrogen and oxygen atoms in total. The van der Waals surface area contributed by atoms with Gasteiger partial charge >= 0.3 is 6.09 Å². The van der Waals surface area contributed by atoms with Crippen LogP contribution in [0.25, 0.3) is 5.76 Å². The van der Waals surface area contributed by atoms with Crippen molar-refractivity contribution in [3.05, 3.63) is 48.2 Å². The highest BCUT2D eigenvalue weighted by Gasteiger charge is 2.24. The number of hydrogen-bond donors (Lipinski definition) is 1. The molecule has 1 aliphatic heterocycles. The van der Waals surface area contributed by atoms with Crippen LogP contribution in [-0.2, 0) is 4.74 Å². The van der Waals surface area contributed by atoms with Crippen molar-refractivity contribution in [3.8, 4) is 0 Å². The Morgan fingerprint density at radius 2 is 1.95 bits per heavy atom. The number of allylic oxidation sites excluding steroid dienone is 2. The van der Waals surface area contributed by atoms with Crippen LogP contribution in [0.4, 0.5) is 10.5 Å². The molecule has 100 valence electrons. The predicted molar refractivity (Wildman–Crippen MR) is 76.5 cm³/mol. The largest absolute Gasteiger partial charge is 0.410 e. The molecule has 4 heteroatoms. The molecule has 0 saturated carbocycles. The van der Waals surface area contributed by atoms with E-state index in [1.807, 2.05) is 36.5 Å². The maximum absolute atomic E-state index is 11.0. The van der Waals surface area contributed by atoms with E-state index >= 15 is 0 Å².